The molecule has 1 aromatic rings. The highest BCUT2D eigenvalue weighted by atomic mass is 16.4. The average molecular weight is 178 g/mol. The molecule has 0 aromatic heterocycles. The highest BCUT2D eigenvalue weighted by molar-refractivity contribution is 5.99. The number of benzene rings is 1. The molecular formula is C10H14N2O. The topological polar surface area (TPSA) is 58.6 Å². The quantitative estimate of drug-likeness (QED) is 0.417. The minimum absolute atomic E-state index is 0.607. The van der Waals surface area contributed by atoms with Crippen molar-refractivity contribution in [2.45, 2.75) is 13.3 Å². The molecule has 0 amide bonds. The van der Waals surface area contributed by atoms with Gasteiger partial charge in [-0.2, -0.15) is 0 Å². The van der Waals surface area contributed by atoms with Crippen molar-refractivity contribution >= 4 is 5.71 Å². The monoisotopic (exact) mass is 178 g/mol. The van der Waals surface area contributed by atoms with Gasteiger partial charge in [-0.1, -0.05) is 29.4 Å². The molecule has 0 aliphatic rings. The maximum atomic E-state index is 8.64. The number of nitrogens with two attached hydrogens (primary N) is 1. The van der Waals surface area contributed by atoms with Gasteiger partial charge in [-0.3, -0.25) is 0 Å². The van der Waals surface area contributed by atoms with E-state index < -0.39 is 0 Å². The highest BCUT2D eigenvalue weighted by Crippen LogP contribution is 2.10. The zero-order chi connectivity index (χ0) is 9.68. The lowest BCUT2D eigenvalue weighted by molar-refractivity contribution is 0.319. The van der Waals surface area contributed by atoms with Crippen LogP contribution >= 0.6 is 0 Å². The second-order valence-corrected chi connectivity index (χ2v) is 2.88. The van der Waals surface area contributed by atoms with Crippen LogP contribution in [0.4, 0.5) is 0 Å². The van der Waals surface area contributed by atoms with Crippen molar-refractivity contribution in [2.24, 2.45) is 10.9 Å². The molecule has 70 valence electrons. The maximum Gasteiger partial charge on any atom is 0.0839 e. The molecule has 0 aliphatic heterocycles. The summed E-state index contributed by atoms with van der Waals surface area (Å²) in [5, 5.41) is 11.8. The zero-order valence-electron chi connectivity index (χ0n) is 7.70. The van der Waals surface area contributed by atoms with Crippen molar-refractivity contribution in [3.05, 3.63) is 35.4 Å². The summed E-state index contributed by atoms with van der Waals surface area (Å²) >= 11 is 0. The van der Waals surface area contributed by atoms with Crippen LogP contribution in [-0.2, 0) is 6.42 Å². The molecule has 0 aliphatic carbocycles. The fourth-order valence-electron chi connectivity index (χ4n) is 1.30. The molecule has 13 heavy (non-hydrogen) atoms. The van der Waals surface area contributed by atoms with Gasteiger partial charge in [0.2, 0.25) is 0 Å². The highest BCUT2D eigenvalue weighted by Gasteiger charge is 2.03. The molecule has 0 heterocycles. The Labute approximate surface area is 77.9 Å². The lowest BCUT2D eigenvalue weighted by atomic mass is 10.0. The average Bonchev–Trinajstić information content (AvgIpc) is 2.18. The van der Waals surface area contributed by atoms with E-state index in [0.717, 1.165) is 17.5 Å². The SMILES string of the molecule is CC(=NO)c1ccccc1CCN. The molecule has 3 N–H and O–H groups in total. The molecular weight excluding hydrogens is 164 g/mol. The molecule has 0 fully saturated rings. The van der Waals surface area contributed by atoms with Gasteiger partial charge in [-0.05, 0) is 25.5 Å². The number of hydrogen-bond acceptors (Lipinski definition) is 3. The molecule has 0 bridgehead atoms. The van der Waals surface area contributed by atoms with Crippen LogP contribution in [0.5, 0.6) is 0 Å². The largest absolute Gasteiger partial charge is 0.411 e. The van der Waals surface area contributed by atoms with E-state index in [1.807, 2.05) is 24.3 Å². The Balaban J connectivity index is 3.04. The van der Waals surface area contributed by atoms with E-state index in [9.17, 15) is 0 Å². The van der Waals surface area contributed by atoms with Gasteiger partial charge in [0.25, 0.3) is 0 Å². The van der Waals surface area contributed by atoms with E-state index in [1.165, 1.54) is 0 Å². The van der Waals surface area contributed by atoms with Gasteiger partial charge in [0.15, 0.2) is 0 Å². The molecule has 0 saturated carbocycles. The predicted molar refractivity (Wildman–Crippen MR) is 53.2 cm³/mol. The summed E-state index contributed by atoms with van der Waals surface area (Å²) in [6, 6.07) is 7.81. The van der Waals surface area contributed by atoms with Crippen LogP contribution in [0.25, 0.3) is 0 Å². The zero-order valence-corrected chi connectivity index (χ0v) is 7.70. The van der Waals surface area contributed by atoms with E-state index in [1.54, 1.807) is 6.92 Å². The molecule has 0 spiro atoms. The third-order valence-electron chi connectivity index (χ3n) is 1.97. The Bertz CT molecular complexity index is 308. The van der Waals surface area contributed by atoms with Crippen molar-refractivity contribution in [1.82, 2.24) is 0 Å². The summed E-state index contributed by atoms with van der Waals surface area (Å²) < 4.78 is 0. The van der Waals surface area contributed by atoms with Crippen LogP contribution in [0, 0.1) is 0 Å². The first kappa shape index (κ1) is 9.74. The molecule has 0 unspecified atom stereocenters. The van der Waals surface area contributed by atoms with E-state index in [0.29, 0.717) is 12.3 Å². The first-order valence-electron chi connectivity index (χ1n) is 4.26. The Kier molecular flexibility index (Phi) is 3.46. The lowest BCUT2D eigenvalue weighted by Gasteiger charge is -2.05. The standard InChI is InChI=1S/C10H14N2O/c1-8(12-13)10-5-3-2-4-9(10)6-7-11/h2-5,13H,6-7,11H2,1H3. The van der Waals surface area contributed by atoms with E-state index >= 15 is 0 Å². The van der Waals surface area contributed by atoms with Crippen molar-refractivity contribution in [2.75, 3.05) is 6.54 Å². The summed E-state index contributed by atoms with van der Waals surface area (Å²) in [5.41, 5.74) is 8.19. The van der Waals surface area contributed by atoms with Crippen LogP contribution in [0.15, 0.2) is 29.4 Å². The first-order chi connectivity index (χ1) is 6.29. The van der Waals surface area contributed by atoms with Crippen LogP contribution in [0.2, 0.25) is 0 Å². The van der Waals surface area contributed by atoms with Crippen LogP contribution in [0.3, 0.4) is 0 Å². The second kappa shape index (κ2) is 4.62. The number of nitrogens with zero attached hydrogens (tertiary/aromatic N) is 1. The number of oxime groups is 1. The minimum atomic E-state index is 0.607. The molecule has 0 saturated heterocycles. The van der Waals surface area contributed by atoms with E-state index in [4.69, 9.17) is 10.9 Å². The minimum Gasteiger partial charge on any atom is -0.411 e. The number of hydrogen-bond donors (Lipinski definition) is 2. The van der Waals surface area contributed by atoms with Crippen LogP contribution < -0.4 is 5.73 Å². The molecule has 1 rings (SSSR count). The Hall–Kier alpha value is -1.35. The van der Waals surface area contributed by atoms with Gasteiger partial charge in [-0.25, -0.2) is 0 Å². The molecule has 3 heteroatoms. The van der Waals surface area contributed by atoms with E-state index in [2.05, 4.69) is 5.16 Å². The van der Waals surface area contributed by atoms with Gasteiger partial charge in [0.1, 0.15) is 0 Å². The fraction of sp³-hybridized carbons (Fsp3) is 0.300. The summed E-state index contributed by atoms with van der Waals surface area (Å²) in [6.07, 6.45) is 0.809. The van der Waals surface area contributed by atoms with Crippen molar-refractivity contribution in [3.8, 4) is 0 Å². The summed E-state index contributed by atoms with van der Waals surface area (Å²) in [6.45, 7) is 2.38. The summed E-state index contributed by atoms with van der Waals surface area (Å²) in [7, 11) is 0. The van der Waals surface area contributed by atoms with Gasteiger partial charge >= 0.3 is 0 Å². The lowest BCUT2D eigenvalue weighted by Crippen LogP contribution is -2.07. The first-order valence-corrected chi connectivity index (χ1v) is 4.26. The normalized spacial score (nSPS) is 11.7. The van der Waals surface area contributed by atoms with Crippen LogP contribution in [0.1, 0.15) is 18.1 Å². The molecule has 0 atom stereocenters. The fourth-order valence-corrected chi connectivity index (χ4v) is 1.30. The molecule has 1 aromatic carbocycles. The third-order valence-corrected chi connectivity index (χ3v) is 1.97. The van der Waals surface area contributed by atoms with E-state index in [-0.39, 0.29) is 0 Å². The van der Waals surface area contributed by atoms with Crippen LogP contribution in [-0.4, -0.2) is 17.5 Å². The van der Waals surface area contributed by atoms with Gasteiger partial charge in [0, 0.05) is 5.56 Å². The van der Waals surface area contributed by atoms with Crippen molar-refractivity contribution in [3.63, 3.8) is 0 Å². The molecule has 0 radical (unpaired) electrons. The maximum absolute atomic E-state index is 8.64. The summed E-state index contributed by atoms with van der Waals surface area (Å²) in [4.78, 5) is 0. The Morgan fingerprint density at radius 2 is 2.15 bits per heavy atom. The predicted octanol–water partition coefficient (Wildman–Crippen LogP) is 1.39. The van der Waals surface area contributed by atoms with Crippen molar-refractivity contribution in [1.29, 1.82) is 0 Å². The Morgan fingerprint density at radius 3 is 2.77 bits per heavy atom. The smallest absolute Gasteiger partial charge is 0.0839 e. The second-order valence-electron chi connectivity index (χ2n) is 2.88. The van der Waals surface area contributed by atoms with Gasteiger partial charge < -0.3 is 10.9 Å². The Morgan fingerprint density at radius 1 is 1.46 bits per heavy atom. The summed E-state index contributed by atoms with van der Waals surface area (Å²) in [5.74, 6) is 0. The third kappa shape index (κ3) is 2.29. The van der Waals surface area contributed by atoms with Gasteiger partial charge in [-0.15, -0.1) is 0 Å². The van der Waals surface area contributed by atoms with Gasteiger partial charge in [0.05, 0.1) is 5.71 Å². The van der Waals surface area contributed by atoms with Crippen molar-refractivity contribution < 1.29 is 5.21 Å². The molecule has 3 nitrogen and oxygen atoms in total. The number of rotatable bonds is 3.